The van der Waals surface area contributed by atoms with E-state index in [2.05, 4.69) is 10.3 Å². The second-order valence-electron chi connectivity index (χ2n) is 4.83. The van der Waals surface area contributed by atoms with E-state index in [-0.39, 0.29) is 18.7 Å². The third-order valence-corrected chi connectivity index (χ3v) is 3.16. The maximum atomic E-state index is 12.2. The fourth-order valence-electron chi connectivity index (χ4n) is 2.03. The predicted molar refractivity (Wildman–Crippen MR) is 83.4 cm³/mol. The van der Waals surface area contributed by atoms with Crippen molar-refractivity contribution in [3.05, 3.63) is 42.1 Å². The first kappa shape index (κ1) is 16.4. The number of aromatic nitrogens is 1. The van der Waals surface area contributed by atoms with Gasteiger partial charge in [-0.25, -0.2) is 4.98 Å². The minimum Gasteiger partial charge on any atom is -0.466 e. The summed E-state index contributed by atoms with van der Waals surface area (Å²) in [5.41, 5.74) is 6.01. The first-order valence-electron chi connectivity index (χ1n) is 7.13. The van der Waals surface area contributed by atoms with E-state index < -0.39 is 23.8 Å². The number of primary amides is 1. The third kappa shape index (κ3) is 4.26. The molecule has 1 aromatic carbocycles. The average molecular weight is 315 g/mol. The van der Waals surface area contributed by atoms with Crippen molar-refractivity contribution >= 4 is 28.7 Å². The zero-order valence-corrected chi connectivity index (χ0v) is 12.6. The van der Waals surface area contributed by atoms with Gasteiger partial charge in [0.25, 0.3) is 5.91 Å². The summed E-state index contributed by atoms with van der Waals surface area (Å²) in [6, 6.07) is 9.47. The molecule has 3 N–H and O–H groups in total. The quantitative estimate of drug-likeness (QED) is 0.765. The van der Waals surface area contributed by atoms with Crippen LogP contribution in [0.25, 0.3) is 10.9 Å². The van der Waals surface area contributed by atoms with Crippen LogP contribution in [0.3, 0.4) is 0 Å². The summed E-state index contributed by atoms with van der Waals surface area (Å²) < 4.78 is 4.75. The van der Waals surface area contributed by atoms with Crippen LogP contribution in [0, 0.1) is 0 Å². The number of ether oxygens (including phenoxy) is 1. The maximum Gasteiger partial charge on any atom is 0.308 e. The Hall–Kier alpha value is -2.96. The molecule has 7 nitrogen and oxygen atoms in total. The number of nitrogens with zero attached hydrogens (tertiary/aromatic N) is 1. The molecule has 0 aliphatic carbocycles. The smallest absolute Gasteiger partial charge is 0.308 e. The molecule has 0 aliphatic rings. The number of pyridine rings is 1. The van der Waals surface area contributed by atoms with Gasteiger partial charge in [0, 0.05) is 5.39 Å². The lowest BCUT2D eigenvalue weighted by atomic mass is 10.1. The van der Waals surface area contributed by atoms with E-state index in [1.807, 2.05) is 18.2 Å². The van der Waals surface area contributed by atoms with Crippen LogP contribution in [0.4, 0.5) is 0 Å². The number of carbonyl (C=O) groups is 3. The fourth-order valence-corrected chi connectivity index (χ4v) is 2.03. The number of para-hydroxylation sites is 1. The Bertz CT molecular complexity index is 745. The molecule has 23 heavy (non-hydrogen) atoms. The van der Waals surface area contributed by atoms with E-state index in [0.29, 0.717) is 5.52 Å². The fraction of sp³-hybridized carbons (Fsp3) is 0.250. The summed E-state index contributed by atoms with van der Waals surface area (Å²) in [5, 5.41) is 3.30. The number of nitrogens with one attached hydrogen (secondary N) is 1. The Morgan fingerprint density at radius 3 is 2.65 bits per heavy atom. The normalized spacial score (nSPS) is 11.7. The zero-order valence-electron chi connectivity index (χ0n) is 12.6. The lowest BCUT2D eigenvalue weighted by Gasteiger charge is -2.14. The minimum atomic E-state index is -1.14. The number of rotatable bonds is 6. The molecule has 0 saturated heterocycles. The molecule has 0 spiro atoms. The summed E-state index contributed by atoms with van der Waals surface area (Å²) in [6.45, 7) is 1.83. The van der Waals surface area contributed by atoms with Crippen molar-refractivity contribution in [2.45, 2.75) is 19.4 Å². The van der Waals surface area contributed by atoms with Crippen LogP contribution in [0.2, 0.25) is 0 Å². The van der Waals surface area contributed by atoms with Gasteiger partial charge in [0.2, 0.25) is 5.91 Å². The molecule has 7 heteroatoms. The number of carbonyl (C=O) groups excluding carboxylic acids is 3. The SMILES string of the molecule is CCOC(=O)C[C@@H](NC(=O)c1ccc2ccccc2n1)C(N)=O. The van der Waals surface area contributed by atoms with E-state index in [0.717, 1.165) is 5.39 Å². The number of hydrogen-bond acceptors (Lipinski definition) is 5. The predicted octanol–water partition coefficient (Wildman–Crippen LogP) is 0.772. The average Bonchev–Trinajstić information content (AvgIpc) is 2.53. The zero-order chi connectivity index (χ0) is 16.8. The number of esters is 1. The maximum absolute atomic E-state index is 12.2. The molecule has 0 radical (unpaired) electrons. The highest BCUT2D eigenvalue weighted by molar-refractivity contribution is 5.98. The van der Waals surface area contributed by atoms with Gasteiger partial charge in [0.15, 0.2) is 0 Å². The summed E-state index contributed by atoms with van der Waals surface area (Å²) in [7, 11) is 0. The van der Waals surface area contributed by atoms with E-state index in [9.17, 15) is 14.4 Å². The molecular weight excluding hydrogens is 298 g/mol. The van der Waals surface area contributed by atoms with Gasteiger partial charge < -0.3 is 15.8 Å². The van der Waals surface area contributed by atoms with E-state index in [1.54, 1.807) is 25.1 Å². The summed E-state index contributed by atoms with van der Waals surface area (Å²) in [5.74, 6) is -2.00. The molecular formula is C16H17N3O4. The van der Waals surface area contributed by atoms with Crippen molar-refractivity contribution in [3.8, 4) is 0 Å². The molecule has 2 aromatic rings. The lowest BCUT2D eigenvalue weighted by Crippen LogP contribution is -2.46. The van der Waals surface area contributed by atoms with Crippen LogP contribution >= 0.6 is 0 Å². The standard InChI is InChI=1S/C16H17N3O4/c1-2-23-14(20)9-13(15(17)21)19-16(22)12-8-7-10-5-3-4-6-11(10)18-12/h3-8,13H,2,9H2,1H3,(H2,17,21)(H,19,22)/t13-/m1/s1. The molecule has 0 unspecified atom stereocenters. The van der Waals surface area contributed by atoms with Crippen LogP contribution in [0.15, 0.2) is 36.4 Å². The van der Waals surface area contributed by atoms with Crippen molar-refractivity contribution in [2.75, 3.05) is 6.61 Å². The van der Waals surface area contributed by atoms with Crippen molar-refractivity contribution in [1.29, 1.82) is 0 Å². The second-order valence-corrected chi connectivity index (χ2v) is 4.83. The Kier molecular flexibility index (Phi) is 5.24. The van der Waals surface area contributed by atoms with Crippen molar-refractivity contribution < 1.29 is 19.1 Å². The van der Waals surface area contributed by atoms with Gasteiger partial charge in [-0.2, -0.15) is 0 Å². The number of fused-ring (bicyclic) bond motifs is 1. The van der Waals surface area contributed by atoms with Crippen LogP contribution in [0.5, 0.6) is 0 Å². The van der Waals surface area contributed by atoms with Crippen LogP contribution < -0.4 is 11.1 Å². The summed E-state index contributed by atoms with van der Waals surface area (Å²) in [6.07, 6.45) is -0.317. The Morgan fingerprint density at radius 2 is 1.96 bits per heavy atom. The van der Waals surface area contributed by atoms with Crippen LogP contribution in [-0.2, 0) is 14.3 Å². The molecule has 1 aromatic heterocycles. The number of benzene rings is 1. The minimum absolute atomic E-state index is 0.138. The lowest BCUT2D eigenvalue weighted by molar-refractivity contribution is -0.145. The summed E-state index contributed by atoms with van der Waals surface area (Å²) >= 11 is 0. The monoisotopic (exact) mass is 315 g/mol. The second kappa shape index (κ2) is 7.35. The Balaban J connectivity index is 2.13. The largest absolute Gasteiger partial charge is 0.466 e. The van der Waals surface area contributed by atoms with Crippen LogP contribution in [-0.4, -0.2) is 35.4 Å². The molecule has 0 bridgehead atoms. The van der Waals surface area contributed by atoms with Gasteiger partial charge in [-0.1, -0.05) is 24.3 Å². The molecule has 1 heterocycles. The molecule has 1 atom stereocenters. The Labute approximate surface area is 132 Å². The third-order valence-electron chi connectivity index (χ3n) is 3.16. The van der Waals surface area contributed by atoms with E-state index in [4.69, 9.17) is 10.5 Å². The molecule has 2 amide bonds. The van der Waals surface area contributed by atoms with Crippen LogP contribution in [0.1, 0.15) is 23.8 Å². The molecule has 0 fully saturated rings. The number of nitrogens with two attached hydrogens (primary N) is 1. The van der Waals surface area contributed by atoms with Gasteiger partial charge in [0.1, 0.15) is 11.7 Å². The number of amides is 2. The highest BCUT2D eigenvalue weighted by Gasteiger charge is 2.23. The highest BCUT2D eigenvalue weighted by Crippen LogP contribution is 2.12. The topological polar surface area (TPSA) is 111 Å². The van der Waals surface area contributed by atoms with Crippen molar-refractivity contribution in [3.63, 3.8) is 0 Å². The Morgan fingerprint density at radius 1 is 1.22 bits per heavy atom. The molecule has 0 aliphatic heterocycles. The molecule has 120 valence electrons. The van der Waals surface area contributed by atoms with Gasteiger partial charge >= 0.3 is 5.97 Å². The van der Waals surface area contributed by atoms with Gasteiger partial charge in [-0.15, -0.1) is 0 Å². The molecule has 2 rings (SSSR count). The van der Waals surface area contributed by atoms with Crippen molar-refractivity contribution in [1.82, 2.24) is 10.3 Å². The highest BCUT2D eigenvalue weighted by atomic mass is 16.5. The van der Waals surface area contributed by atoms with Gasteiger partial charge in [-0.05, 0) is 19.1 Å². The van der Waals surface area contributed by atoms with Gasteiger partial charge in [0.05, 0.1) is 18.5 Å². The van der Waals surface area contributed by atoms with Crippen molar-refractivity contribution in [2.24, 2.45) is 5.73 Å². The summed E-state index contributed by atoms with van der Waals surface area (Å²) in [4.78, 5) is 39.3. The van der Waals surface area contributed by atoms with E-state index in [1.165, 1.54) is 0 Å². The van der Waals surface area contributed by atoms with E-state index >= 15 is 0 Å². The van der Waals surface area contributed by atoms with Gasteiger partial charge in [-0.3, -0.25) is 14.4 Å². The number of hydrogen-bond donors (Lipinski definition) is 2. The molecule has 0 saturated carbocycles. The first-order chi connectivity index (χ1) is 11.0. The first-order valence-corrected chi connectivity index (χ1v) is 7.13.